The van der Waals surface area contributed by atoms with E-state index in [1.165, 1.54) is 5.56 Å². The third kappa shape index (κ3) is 4.61. The molecule has 0 fully saturated rings. The number of carbonyl (C=O) groups excluding carboxylic acids is 1. The minimum Gasteiger partial charge on any atom is -0.330 e. The summed E-state index contributed by atoms with van der Waals surface area (Å²) in [7, 11) is 0. The zero-order chi connectivity index (χ0) is 13.8. The predicted molar refractivity (Wildman–Crippen MR) is 76.8 cm³/mol. The van der Waals surface area contributed by atoms with E-state index in [-0.39, 0.29) is 11.2 Å². The van der Waals surface area contributed by atoms with E-state index in [0.29, 0.717) is 18.9 Å². The van der Waals surface area contributed by atoms with Crippen LogP contribution in [0.2, 0.25) is 0 Å². The molecular formula is C16H25NO. The Morgan fingerprint density at radius 3 is 2.22 bits per heavy atom. The van der Waals surface area contributed by atoms with Crippen LogP contribution in [-0.4, -0.2) is 12.3 Å². The first-order valence-electron chi connectivity index (χ1n) is 6.66. The summed E-state index contributed by atoms with van der Waals surface area (Å²) in [6, 6.07) is 7.99. The maximum absolute atomic E-state index is 12.1. The molecule has 1 aromatic carbocycles. The molecule has 2 nitrogen and oxygen atoms in total. The maximum atomic E-state index is 12.1. The van der Waals surface area contributed by atoms with Crippen molar-refractivity contribution in [3.05, 3.63) is 35.4 Å². The number of hydrogen-bond donors (Lipinski definition) is 1. The molecule has 0 bridgehead atoms. The van der Waals surface area contributed by atoms with Crippen molar-refractivity contribution in [1.82, 2.24) is 0 Å². The Morgan fingerprint density at radius 2 is 1.78 bits per heavy atom. The molecule has 0 aliphatic heterocycles. The summed E-state index contributed by atoms with van der Waals surface area (Å²) >= 11 is 0. The van der Waals surface area contributed by atoms with Gasteiger partial charge in [-0.3, -0.25) is 4.79 Å². The highest BCUT2D eigenvalue weighted by atomic mass is 16.1. The van der Waals surface area contributed by atoms with E-state index in [0.717, 1.165) is 12.0 Å². The van der Waals surface area contributed by atoms with Crippen LogP contribution in [0.3, 0.4) is 0 Å². The lowest BCUT2D eigenvalue weighted by Gasteiger charge is -2.21. The van der Waals surface area contributed by atoms with Gasteiger partial charge in [-0.05, 0) is 29.9 Å². The molecule has 0 atom stereocenters. The van der Waals surface area contributed by atoms with E-state index < -0.39 is 0 Å². The zero-order valence-corrected chi connectivity index (χ0v) is 12.0. The molecule has 0 radical (unpaired) electrons. The van der Waals surface area contributed by atoms with Gasteiger partial charge in [-0.1, -0.05) is 52.0 Å². The Balaban J connectivity index is 2.70. The smallest absolute Gasteiger partial charge is 0.163 e. The molecule has 0 saturated heterocycles. The quantitative estimate of drug-likeness (QED) is 0.782. The first kappa shape index (κ1) is 14.9. The average molecular weight is 247 g/mol. The Kier molecular flexibility index (Phi) is 5.09. The SMILES string of the molecule is CC(C)Cc1ccc(C(=O)CC(C)(C)CN)cc1. The van der Waals surface area contributed by atoms with E-state index in [1.807, 2.05) is 26.0 Å². The molecule has 0 amide bonds. The number of nitrogens with two attached hydrogens (primary N) is 1. The van der Waals surface area contributed by atoms with Crippen LogP contribution >= 0.6 is 0 Å². The number of hydrogen-bond acceptors (Lipinski definition) is 2. The summed E-state index contributed by atoms with van der Waals surface area (Å²) in [6.07, 6.45) is 1.57. The number of benzene rings is 1. The van der Waals surface area contributed by atoms with Gasteiger partial charge in [0.2, 0.25) is 0 Å². The molecule has 2 heteroatoms. The average Bonchev–Trinajstić information content (AvgIpc) is 2.28. The number of carbonyl (C=O) groups is 1. The van der Waals surface area contributed by atoms with Crippen molar-refractivity contribution < 1.29 is 4.79 Å². The van der Waals surface area contributed by atoms with Crippen molar-refractivity contribution >= 4 is 5.78 Å². The monoisotopic (exact) mass is 247 g/mol. The van der Waals surface area contributed by atoms with Gasteiger partial charge in [-0.25, -0.2) is 0 Å². The predicted octanol–water partition coefficient (Wildman–Crippen LogP) is 3.44. The second-order valence-corrected chi connectivity index (χ2v) is 6.26. The number of Topliss-reactive ketones (excluding diaryl/α,β-unsaturated/α-hetero) is 1. The largest absolute Gasteiger partial charge is 0.330 e. The van der Waals surface area contributed by atoms with Gasteiger partial charge in [0, 0.05) is 12.0 Å². The summed E-state index contributed by atoms with van der Waals surface area (Å²) in [5, 5.41) is 0. The van der Waals surface area contributed by atoms with Crippen molar-refractivity contribution in [2.75, 3.05) is 6.54 Å². The van der Waals surface area contributed by atoms with Crippen LogP contribution < -0.4 is 5.73 Å². The molecule has 1 aromatic rings. The van der Waals surface area contributed by atoms with Crippen LogP contribution in [0.15, 0.2) is 24.3 Å². The summed E-state index contributed by atoms with van der Waals surface area (Å²) in [5.41, 5.74) is 7.63. The minimum absolute atomic E-state index is 0.117. The van der Waals surface area contributed by atoms with Gasteiger partial charge in [0.05, 0.1) is 0 Å². The van der Waals surface area contributed by atoms with Crippen LogP contribution in [0.5, 0.6) is 0 Å². The summed E-state index contributed by atoms with van der Waals surface area (Å²) in [4.78, 5) is 12.1. The molecule has 0 saturated carbocycles. The van der Waals surface area contributed by atoms with Gasteiger partial charge in [-0.2, -0.15) is 0 Å². The van der Waals surface area contributed by atoms with Crippen LogP contribution in [-0.2, 0) is 6.42 Å². The molecule has 0 aliphatic rings. The van der Waals surface area contributed by atoms with E-state index >= 15 is 0 Å². The van der Waals surface area contributed by atoms with E-state index in [9.17, 15) is 4.79 Å². The second-order valence-electron chi connectivity index (χ2n) is 6.26. The molecule has 18 heavy (non-hydrogen) atoms. The van der Waals surface area contributed by atoms with Gasteiger partial charge in [0.1, 0.15) is 0 Å². The highest BCUT2D eigenvalue weighted by Gasteiger charge is 2.20. The second kappa shape index (κ2) is 6.14. The van der Waals surface area contributed by atoms with Crippen LogP contribution in [0.1, 0.15) is 50.0 Å². The summed E-state index contributed by atoms with van der Waals surface area (Å²) in [6.45, 7) is 8.98. The third-order valence-electron chi connectivity index (χ3n) is 3.11. The van der Waals surface area contributed by atoms with Gasteiger partial charge in [-0.15, -0.1) is 0 Å². The molecule has 0 unspecified atom stereocenters. The van der Waals surface area contributed by atoms with Gasteiger partial charge in [0.25, 0.3) is 0 Å². The van der Waals surface area contributed by atoms with Crippen molar-refractivity contribution in [2.24, 2.45) is 17.1 Å². The number of ketones is 1. The maximum Gasteiger partial charge on any atom is 0.163 e. The molecule has 0 spiro atoms. The topological polar surface area (TPSA) is 43.1 Å². The van der Waals surface area contributed by atoms with Crippen molar-refractivity contribution in [3.8, 4) is 0 Å². The van der Waals surface area contributed by atoms with Crippen molar-refractivity contribution in [1.29, 1.82) is 0 Å². The third-order valence-corrected chi connectivity index (χ3v) is 3.11. The lowest BCUT2D eigenvalue weighted by atomic mass is 9.85. The lowest BCUT2D eigenvalue weighted by Crippen LogP contribution is -2.26. The van der Waals surface area contributed by atoms with Gasteiger partial charge >= 0.3 is 0 Å². The highest BCUT2D eigenvalue weighted by molar-refractivity contribution is 5.96. The molecule has 0 aliphatic carbocycles. The molecule has 100 valence electrons. The molecule has 0 aromatic heterocycles. The van der Waals surface area contributed by atoms with Crippen molar-refractivity contribution in [3.63, 3.8) is 0 Å². The summed E-state index contributed by atoms with van der Waals surface area (Å²) in [5.74, 6) is 0.823. The molecule has 0 heterocycles. The fraction of sp³-hybridized carbons (Fsp3) is 0.562. The lowest BCUT2D eigenvalue weighted by molar-refractivity contribution is 0.0935. The first-order valence-corrected chi connectivity index (χ1v) is 6.66. The van der Waals surface area contributed by atoms with Crippen molar-refractivity contribution in [2.45, 2.75) is 40.5 Å². The van der Waals surface area contributed by atoms with Gasteiger partial charge in [0.15, 0.2) is 5.78 Å². The zero-order valence-electron chi connectivity index (χ0n) is 12.0. The van der Waals surface area contributed by atoms with E-state index in [4.69, 9.17) is 5.73 Å². The van der Waals surface area contributed by atoms with Gasteiger partial charge < -0.3 is 5.73 Å². The van der Waals surface area contributed by atoms with Crippen LogP contribution in [0, 0.1) is 11.3 Å². The Bertz CT molecular complexity index is 390. The Labute approximate surface area is 111 Å². The Hall–Kier alpha value is -1.15. The highest BCUT2D eigenvalue weighted by Crippen LogP contribution is 2.21. The normalized spacial score (nSPS) is 11.9. The Morgan fingerprint density at radius 1 is 1.22 bits per heavy atom. The fourth-order valence-electron chi connectivity index (χ4n) is 1.91. The molecular weight excluding hydrogens is 222 g/mol. The number of rotatable bonds is 6. The molecule has 2 N–H and O–H groups in total. The van der Waals surface area contributed by atoms with E-state index in [1.54, 1.807) is 0 Å². The standard InChI is InChI=1S/C16H25NO/c1-12(2)9-13-5-7-14(8-6-13)15(18)10-16(3,4)11-17/h5-8,12H,9-11,17H2,1-4H3. The summed E-state index contributed by atoms with van der Waals surface area (Å²) < 4.78 is 0. The van der Waals surface area contributed by atoms with E-state index in [2.05, 4.69) is 26.0 Å². The fourth-order valence-corrected chi connectivity index (χ4v) is 1.91. The first-order chi connectivity index (χ1) is 8.34. The molecule has 1 rings (SSSR count). The van der Waals surface area contributed by atoms with Crippen LogP contribution in [0.4, 0.5) is 0 Å². The van der Waals surface area contributed by atoms with Crippen LogP contribution in [0.25, 0.3) is 0 Å². The minimum atomic E-state index is -0.117.